The van der Waals surface area contributed by atoms with E-state index in [2.05, 4.69) is 20.9 Å². The van der Waals surface area contributed by atoms with E-state index < -0.39 is 0 Å². The minimum absolute atomic E-state index is 0.164. The fourth-order valence-corrected chi connectivity index (χ4v) is 2.20. The maximum atomic E-state index is 9.48. The largest absolute Gasteiger partial charge is 0.508 e. The number of hydrogen-bond acceptors (Lipinski definition) is 3. The van der Waals surface area contributed by atoms with Crippen molar-refractivity contribution in [2.75, 3.05) is 0 Å². The molecule has 0 atom stereocenters. The highest BCUT2D eigenvalue weighted by Gasteiger charge is 2.11. The van der Waals surface area contributed by atoms with Gasteiger partial charge in [-0.15, -0.1) is 0 Å². The Hall–Kier alpha value is -1.81. The monoisotopic (exact) mass is 289 g/mol. The molecule has 3 aromatic rings. The third kappa shape index (κ3) is 1.80. The van der Waals surface area contributed by atoms with Crippen molar-refractivity contribution in [2.24, 2.45) is 0 Å². The molecule has 3 rings (SSSR count). The Morgan fingerprint density at radius 1 is 1.12 bits per heavy atom. The van der Waals surface area contributed by atoms with Crippen molar-refractivity contribution >= 4 is 27.0 Å². The zero-order valence-corrected chi connectivity index (χ0v) is 10.3. The highest BCUT2D eigenvalue weighted by molar-refractivity contribution is 9.10. The summed E-state index contributed by atoms with van der Waals surface area (Å²) in [4.78, 5) is 4.35. The number of aromatic nitrogens is 1. The number of nitrogens with zero attached hydrogens (tertiary/aromatic N) is 1. The number of fused-ring (bicyclic) bond motifs is 1. The number of rotatable bonds is 1. The first-order valence-corrected chi connectivity index (χ1v) is 5.88. The van der Waals surface area contributed by atoms with Crippen LogP contribution in [0.1, 0.15) is 0 Å². The summed E-state index contributed by atoms with van der Waals surface area (Å²) in [6.45, 7) is 0. The van der Waals surface area contributed by atoms with Gasteiger partial charge < -0.3 is 9.52 Å². The van der Waals surface area contributed by atoms with Crippen LogP contribution in [0.4, 0.5) is 0 Å². The molecule has 0 aliphatic heterocycles. The van der Waals surface area contributed by atoms with Crippen molar-refractivity contribution in [3.05, 3.63) is 46.9 Å². The predicted octanol–water partition coefficient (Wildman–Crippen LogP) is 3.96. The van der Waals surface area contributed by atoms with Gasteiger partial charge in [0, 0.05) is 11.6 Å². The summed E-state index contributed by atoms with van der Waals surface area (Å²) in [5, 5.41) is 9.48. The molecule has 84 valence electrons. The zero-order chi connectivity index (χ0) is 11.8. The van der Waals surface area contributed by atoms with Gasteiger partial charge in [0.1, 0.15) is 11.3 Å². The van der Waals surface area contributed by atoms with Gasteiger partial charge >= 0.3 is 0 Å². The Balaban J connectivity index is 2.24. The van der Waals surface area contributed by atoms with Crippen molar-refractivity contribution < 1.29 is 9.52 Å². The molecule has 0 spiro atoms. The number of phenols is 1. The molecular weight excluding hydrogens is 282 g/mol. The van der Waals surface area contributed by atoms with Crippen LogP contribution in [-0.2, 0) is 0 Å². The maximum absolute atomic E-state index is 9.48. The highest BCUT2D eigenvalue weighted by atomic mass is 79.9. The van der Waals surface area contributed by atoms with Gasteiger partial charge in [-0.05, 0) is 34.1 Å². The molecular formula is C13H8BrNO2. The topological polar surface area (TPSA) is 46.3 Å². The lowest BCUT2D eigenvalue weighted by atomic mass is 10.2. The van der Waals surface area contributed by atoms with E-state index in [0.29, 0.717) is 21.5 Å². The summed E-state index contributed by atoms with van der Waals surface area (Å²) >= 11 is 3.34. The molecule has 0 aliphatic rings. The van der Waals surface area contributed by atoms with Crippen LogP contribution in [-0.4, -0.2) is 10.1 Å². The summed E-state index contributed by atoms with van der Waals surface area (Å²) in [6.07, 6.45) is 0. The van der Waals surface area contributed by atoms with Crippen LogP contribution >= 0.6 is 15.9 Å². The Labute approximate surface area is 106 Å². The number of benzene rings is 2. The van der Waals surface area contributed by atoms with Gasteiger partial charge in [0.15, 0.2) is 5.58 Å². The van der Waals surface area contributed by atoms with Gasteiger partial charge in [-0.25, -0.2) is 4.98 Å². The molecule has 1 N–H and O–H groups in total. The third-order valence-corrected chi connectivity index (χ3v) is 3.04. The molecule has 0 amide bonds. The molecule has 0 saturated carbocycles. The molecule has 0 fully saturated rings. The summed E-state index contributed by atoms with van der Waals surface area (Å²) in [6, 6.07) is 12.8. The van der Waals surface area contributed by atoms with Crippen LogP contribution < -0.4 is 0 Å². The van der Waals surface area contributed by atoms with Crippen molar-refractivity contribution in [3.8, 4) is 17.2 Å². The molecule has 4 heteroatoms. The van der Waals surface area contributed by atoms with Crippen LogP contribution in [0, 0.1) is 0 Å². The number of phenolic OH excluding ortho intramolecular Hbond substituents is 1. The Kier molecular flexibility index (Phi) is 2.37. The molecule has 0 unspecified atom stereocenters. The summed E-state index contributed by atoms with van der Waals surface area (Å²) in [7, 11) is 0. The fourth-order valence-electron chi connectivity index (χ4n) is 1.68. The van der Waals surface area contributed by atoms with E-state index in [1.807, 2.05) is 30.3 Å². The second-order valence-corrected chi connectivity index (χ2v) is 4.52. The van der Waals surface area contributed by atoms with Crippen LogP contribution in [0.2, 0.25) is 0 Å². The number of hydrogen-bond donors (Lipinski definition) is 1. The molecule has 0 radical (unpaired) electrons. The van der Waals surface area contributed by atoms with Crippen molar-refractivity contribution in [1.82, 2.24) is 4.98 Å². The molecule has 2 aromatic carbocycles. The number of halogens is 1. The highest BCUT2D eigenvalue weighted by Crippen LogP contribution is 2.32. The first kappa shape index (κ1) is 10.4. The van der Waals surface area contributed by atoms with Crippen LogP contribution in [0.25, 0.3) is 22.6 Å². The SMILES string of the molecule is Oc1cc(Br)c2oc(-c3ccccc3)nc2c1. The molecule has 0 aliphatic carbocycles. The maximum Gasteiger partial charge on any atom is 0.227 e. The second kappa shape index (κ2) is 3.89. The molecule has 0 bridgehead atoms. The number of oxazole rings is 1. The van der Waals surface area contributed by atoms with Gasteiger partial charge in [-0.1, -0.05) is 18.2 Å². The minimum Gasteiger partial charge on any atom is -0.508 e. The third-order valence-electron chi connectivity index (χ3n) is 2.45. The van der Waals surface area contributed by atoms with E-state index in [1.165, 1.54) is 0 Å². The summed E-state index contributed by atoms with van der Waals surface area (Å²) in [5.41, 5.74) is 2.19. The average Bonchev–Trinajstić information content (AvgIpc) is 2.74. The van der Waals surface area contributed by atoms with Crippen molar-refractivity contribution in [3.63, 3.8) is 0 Å². The van der Waals surface area contributed by atoms with E-state index >= 15 is 0 Å². The van der Waals surface area contributed by atoms with Gasteiger partial charge in [0.25, 0.3) is 0 Å². The predicted molar refractivity (Wildman–Crippen MR) is 68.8 cm³/mol. The summed E-state index contributed by atoms with van der Waals surface area (Å²) in [5.74, 6) is 0.712. The van der Waals surface area contributed by atoms with Gasteiger partial charge in [0.2, 0.25) is 5.89 Å². The van der Waals surface area contributed by atoms with Crippen LogP contribution in [0.5, 0.6) is 5.75 Å². The zero-order valence-electron chi connectivity index (χ0n) is 8.72. The average molecular weight is 290 g/mol. The van der Waals surface area contributed by atoms with E-state index in [9.17, 15) is 5.11 Å². The van der Waals surface area contributed by atoms with E-state index in [1.54, 1.807) is 12.1 Å². The standard InChI is InChI=1S/C13H8BrNO2/c14-10-6-9(16)7-11-12(10)17-13(15-11)8-4-2-1-3-5-8/h1-7,16H. The molecule has 3 nitrogen and oxygen atoms in total. The van der Waals surface area contributed by atoms with E-state index in [4.69, 9.17) is 4.42 Å². The van der Waals surface area contributed by atoms with Crippen LogP contribution in [0.15, 0.2) is 51.4 Å². The smallest absolute Gasteiger partial charge is 0.227 e. The first-order chi connectivity index (χ1) is 8.24. The van der Waals surface area contributed by atoms with Crippen molar-refractivity contribution in [2.45, 2.75) is 0 Å². The quantitative estimate of drug-likeness (QED) is 0.737. The van der Waals surface area contributed by atoms with Gasteiger partial charge in [-0.3, -0.25) is 0 Å². The Bertz CT molecular complexity index is 676. The van der Waals surface area contributed by atoms with Crippen LogP contribution in [0.3, 0.4) is 0 Å². The van der Waals surface area contributed by atoms with Gasteiger partial charge in [0.05, 0.1) is 4.47 Å². The lowest BCUT2D eigenvalue weighted by Crippen LogP contribution is -1.74. The van der Waals surface area contributed by atoms with Crippen molar-refractivity contribution in [1.29, 1.82) is 0 Å². The molecule has 1 aromatic heterocycles. The minimum atomic E-state index is 0.164. The molecule has 1 heterocycles. The molecule has 0 saturated heterocycles. The summed E-state index contributed by atoms with van der Waals surface area (Å²) < 4.78 is 6.37. The lowest BCUT2D eigenvalue weighted by Gasteiger charge is -1.93. The van der Waals surface area contributed by atoms with E-state index in [-0.39, 0.29) is 5.75 Å². The lowest BCUT2D eigenvalue weighted by molar-refractivity contribution is 0.475. The van der Waals surface area contributed by atoms with E-state index in [0.717, 1.165) is 5.56 Å². The number of aromatic hydroxyl groups is 1. The first-order valence-electron chi connectivity index (χ1n) is 5.08. The second-order valence-electron chi connectivity index (χ2n) is 3.66. The van der Waals surface area contributed by atoms with Gasteiger partial charge in [-0.2, -0.15) is 0 Å². The fraction of sp³-hybridized carbons (Fsp3) is 0. The Morgan fingerprint density at radius 3 is 2.65 bits per heavy atom. The Morgan fingerprint density at radius 2 is 1.88 bits per heavy atom. The normalized spacial score (nSPS) is 10.9. The molecule has 17 heavy (non-hydrogen) atoms.